The average molecular weight is 362 g/mol. The molecule has 1 saturated carbocycles. The molecule has 1 aliphatic rings. The van der Waals surface area contributed by atoms with Gasteiger partial charge in [0.2, 0.25) is 0 Å². The molecular formula is C19H22O7. The van der Waals surface area contributed by atoms with Gasteiger partial charge in [0.1, 0.15) is 0 Å². The molecule has 0 aromatic heterocycles. The van der Waals surface area contributed by atoms with Gasteiger partial charge in [0, 0.05) is 17.9 Å². The largest absolute Gasteiger partial charge is 0.469 e. The zero-order valence-electron chi connectivity index (χ0n) is 15.0. The fourth-order valence-corrected chi connectivity index (χ4v) is 3.66. The van der Waals surface area contributed by atoms with Gasteiger partial charge in [-0.25, -0.2) is 0 Å². The summed E-state index contributed by atoms with van der Waals surface area (Å²) in [7, 11) is 3.60. The Morgan fingerprint density at radius 2 is 1.50 bits per heavy atom. The molecule has 0 aliphatic heterocycles. The Bertz CT molecular complexity index is 679. The maximum absolute atomic E-state index is 13.0. The predicted molar refractivity (Wildman–Crippen MR) is 90.1 cm³/mol. The van der Waals surface area contributed by atoms with Gasteiger partial charge in [-0.2, -0.15) is 0 Å². The highest BCUT2D eigenvalue weighted by molar-refractivity contribution is 6.04. The van der Waals surface area contributed by atoms with Crippen LogP contribution in [0.3, 0.4) is 0 Å². The van der Waals surface area contributed by atoms with Crippen LogP contribution >= 0.6 is 0 Å². The third kappa shape index (κ3) is 3.61. The van der Waals surface area contributed by atoms with Crippen molar-refractivity contribution in [3.8, 4) is 0 Å². The standard InChI is InChI=1S/C19H22O7/c1-24-15(20)9-13-10-19(17(22)25-2,18(23)26-3)11-14(13)16(21)12-7-5-4-6-8-12/h4-8,13-14H,9-11H2,1-3H3. The fourth-order valence-electron chi connectivity index (χ4n) is 3.66. The van der Waals surface area contributed by atoms with E-state index in [1.165, 1.54) is 21.3 Å². The number of carbonyl (C=O) groups excluding carboxylic acids is 4. The quantitative estimate of drug-likeness (QED) is 0.329. The van der Waals surface area contributed by atoms with Crippen LogP contribution in [0.25, 0.3) is 0 Å². The lowest BCUT2D eigenvalue weighted by Gasteiger charge is -2.23. The van der Waals surface area contributed by atoms with E-state index in [0.29, 0.717) is 5.56 Å². The number of rotatable bonds is 6. The van der Waals surface area contributed by atoms with Crippen molar-refractivity contribution in [1.29, 1.82) is 0 Å². The normalized spacial score (nSPS) is 20.9. The summed E-state index contributed by atoms with van der Waals surface area (Å²) in [6, 6.07) is 8.56. The molecule has 0 radical (unpaired) electrons. The summed E-state index contributed by atoms with van der Waals surface area (Å²) in [6.07, 6.45) is -0.151. The van der Waals surface area contributed by atoms with Crippen LogP contribution in [-0.4, -0.2) is 45.0 Å². The lowest BCUT2D eigenvalue weighted by molar-refractivity contribution is -0.169. The molecule has 7 nitrogen and oxygen atoms in total. The van der Waals surface area contributed by atoms with Crippen LogP contribution in [0.1, 0.15) is 29.6 Å². The van der Waals surface area contributed by atoms with Gasteiger partial charge >= 0.3 is 17.9 Å². The first-order chi connectivity index (χ1) is 12.4. The van der Waals surface area contributed by atoms with E-state index in [9.17, 15) is 19.2 Å². The van der Waals surface area contributed by atoms with Gasteiger partial charge in [-0.05, 0) is 18.8 Å². The summed E-state index contributed by atoms with van der Waals surface area (Å²) in [5.41, 5.74) is -1.14. The molecule has 2 unspecified atom stereocenters. The van der Waals surface area contributed by atoms with Crippen molar-refractivity contribution in [2.24, 2.45) is 17.3 Å². The fraction of sp³-hybridized carbons (Fsp3) is 0.474. The van der Waals surface area contributed by atoms with E-state index in [0.717, 1.165) is 0 Å². The highest BCUT2D eigenvalue weighted by Gasteiger charge is 2.59. The van der Waals surface area contributed by atoms with Gasteiger partial charge in [-0.1, -0.05) is 30.3 Å². The molecule has 1 aromatic rings. The average Bonchev–Trinajstić information content (AvgIpc) is 3.06. The summed E-state index contributed by atoms with van der Waals surface area (Å²) in [5, 5.41) is 0. The van der Waals surface area contributed by atoms with Crippen molar-refractivity contribution in [3.63, 3.8) is 0 Å². The van der Waals surface area contributed by atoms with Crippen molar-refractivity contribution in [2.45, 2.75) is 19.3 Å². The van der Waals surface area contributed by atoms with E-state index in [4.69, 9.17) is 14.2 Å². The Labute approximate surface area is 151 Å². The van der Waals surface area contributed by atoms with Crippen LogP contribution in [0.2, 0.25) is 0 Å². The lowest BCUT2D eigenvalue weighted by atomic mass is 9.84. The van der Waals surface area contributed by atoms with Crippen LogP contribution in [0.5, 0.6) is 0 Å². The Morgan fingerprint density at radius 1 is 0.923 bits per heavy atom. The number of hydrogen-bond donors (Lipinski definition) is 0. The molecule has 26 heavy (non-hydrogen) atoms. The second-order valence-electron chi connectivity index (χ2n) is 6.35. The zero-order chi connectivity index (χ0) is 19.3. The first-order valence-electron chi connectivity index (χ1n) is 8.22. The summed E-state index contributed by atoms with van der Waals surface area (Å²) in [4.78, 5) is 49.6. The second-order valence-corrected chi connectivity index (χ2v) is 6.35. The van der Waals surface area contributed by atoms with Gasteiger partial charge in [0.25, 0.3) is 0 Å². The van der Waals surface area contributed by atoms with Gasteiger partial charge in [-0.3, -0.25) is 19.2 Å². The van der Waals surface area contributed by atoms with Gasteiger partial charge in [0.15, 0.2) is 11.2 Å². The molecule has 0 heterocycles. The number of carbonyl (C=O) groups is 4. The molecule has 2 rings (SSSR count). The van der Waals surface area contributed by atoms with Crippen molar-refractivity contribution in [2.75, 3.05) is 21.3 Å². The Balaban J connectivity index is 2.42. The predicted octanol–water partition coefficient (Wildman–Crippen LogP) is 1.79. The Kier molecular flexibility index (Phi) is 6.13. The minimum Gasteiger partial charge on any atom is -0.469 e. The monoisotopic (exact) mass is 362 g/mol. The maximum Gasteiger partial charge on any atom is 0.323 e. The zero-order valence-corrected chi connectivity index (χ0v) is 15.0. The van der Waals surface area contributed by atoms with Crippen molar-refractivity contribution >= 4 is 23.7 Å². The highest BCUT2D eigenvalue weighted by atomic mass is 16.5. The van der Waals surface area contributed by atoms with E-state index in [2.05, 4.69) is 0 Å². The van der Waals surface area contributed by atoms with Gasteiger partial charge < -0.3 is 14.2 Å². The summed E-state index contributed by atoms with van der Waals surface area (Å²) in [6.45, 7) is 0. The van der Waals surface area contributed by atoms with E-state index in [-0.39, 0.29) is 25.0 Å². The van der Waals surface area contributed by atoms with Crippen LogP contribution in [0, 0.1) is 17.3 Å². The molecule has 7 heteroatoms. The third-order valence-corrected chi connectivity index (χ3v) is 4.95. The van der Waals surface area contributed by atoms with Crippen LogP contribution in [0.15, 0.2) is 30.3 Å². The first kappa shape index (κ1) is 19.6. The van der Waals surface area contributed by atoms with Crippen LogP contribution in [-0.2, 0) is 28.6 Å². The molecule has 0 amide bonds. The highest BCUT2D eigenvalue weighted by Crippen LogP contribution is 2.49. The molecule has 0 N–H and O–H groups in total. The first-order valence-corrected chi connectivity index (χ1v) is 8.22. The molecule has 1 aromatic carbocycles. The molecular weight excluding hydrogens is 340 g/mol. The lowest BCUT2D eigenvalue weighted by Crippen LogP contribution is -2.39. The van der Waals surface area contributed by atoms with E-state index in [1.54, 1.807) is 30.3 Å². The number of methoxy groups -OCH3 is 3. The number of ether oxygens (including phenoxy) is 3. The van der Waals surface area contributed by atoms with Gasteiger partial charge in [-0.15, -0.1) is 0 Å². The van der Waals surface area contributed by atoms with E-state index in [1.807, 2.05) is 0 Å². The third-order valence-electron chi connectivity index (χ3n) is 4.95. The molecule has 1 aliphatic carbocycles. The minimum atomic E-state index is -1.60. The topological polar surface area (TPSA) is 96.0 Å². The number of hydrogen-bond acceptors (Lipinski definition) is 7. The van der Waals surface area contributed by atoms with Crippen LogP contribution < -0.4 is 0 Å². The molecule has 0 bridgehead atoms. The molecule has 0 spiro atoms. The SMILES string of the molecule is COC(=O)CC1CC(C(=O)OC)(C(=O)OC)CC1C(=O)c1ccccc1. The van der Waals surface area contributed by atoms with E-state index < -0.39 is 35.2 Å². The van der Waals surface area contributed by atoms with Gasteiger partial charge in [0.05, 0.1) is 21.3 Å². The Morgan fingerprint density at radius 3 is 2.00 bits per heavy atom. The van der Waals surface area contributed by atoms with Crippen molar-refractivity contribution in [3.05, 3.63) is 35.9 Å². The number of benzene rings is 1. The molecule has 0 saturated heterocycles. The van der Waals surface area contributed by atoms with Crippen LogP contribution in [0.4, 0.5) is 0 Å². The Hall–Kier alpha value is -2.70. The maximum atomic E-state index is 13.0. The summed E-state index contributed by atoms with van der Waals surface area (Å²) < 4.78 is 14.3. The smallest absolute Gasteiger partial charge is 0.323 e. The second kappa shape index (κ2) is 8.12. The minimum absolute atomic E-state index is 0.00924. The van der Waals surface area contributed by atoms with Crippen molar-refractivity contribution in [1.82, 2.24) is 0 Å². The summed E-state index contributed by atoms with van der Waals surface area (Å²) in [5.74, 6) is -3.49. The van der Waals surface area contributed by atoms with E-state index >= 15 is 0 Å². The van der Waals surface area contributed by atoms with Crippen molar-refractivity contribution < 1.29 is 33.4 Å². The summed E-state index contributed by atoms with van der Waals surface area (Å²) >= 11 is 0. The molecule has 140 valence electrons. The molecule has 2 atom stereocenters. The molecule has 1 fully saturated rings. The number of esters is 3. The number of ketones is 1. The number of Topliss-reactive ketones (excluding diaryl/α,β-unsaturated/α-hetero) is 1.